The van der Waals surface area contributed by atoms with E-state index in [1.165, 1.54) is 6.92 Å². The summed E-state index contributed by atoms with van der Waals surface area (Å²) < 4.78 is 0. The highest BCUT2D eigenvalue weighted by Gasteiger charge is 2.80. The number of allylic oxidation sites excluding steroid dienone is 1. The van der Waals surface area contributed by atoms with Crippen LogP contribution in [0.3, 0.4) is 0 Å². The molecule has 0 aromatic heterocycles. The standard InChI is InChI=1S/C20H26O7/c1-9-7-19-8-10(9)3-4-11(19)20(17(26)27)6-5-12(21)18(2,16(24)25)14(20)13(19)15(22)23/h10-14,21H,1,3-8H2,2H3,(H,22,23)(H,24,25)(H,26,27)/t10?,11-,12+,13-,14?,18-,19?,20?/m1/s1. The zero-order valence-electron chi connectivity index (χ0n) is 15.4. The lowest BCUT2D eigenvalue weighted by Crippen LogP contribution is -2.60. The van der Waals surface area contributed by atoms with Crippen molar-refractivity contribution in [2.75, 3.05) is 0 Å². The van der Waals surface area contributed by atoms with Gasteiger partial charge >= 0.3 is 17.9 Å². The van der Waals surface area contributed by atoms with Gasteiger partial charge in [-0.05, 0) is 62.7 Å². The van der Waals surface area contributed by atoms with Crippen molar-refractivity contribution in [2.45, 2.75) is 51.6 Å². The van der Waals surface area contributed by atoms with Crippen LogP contribution in [0.1, 0.15) is 45.4 Å². The molecule has 4 rings (SSSR count). The molecule has 0 saturated heterocycles. The number of aliphatic carboxylic acids is 3. The van der Waals surface area contributed by atoms with E-state index in [0.29, 0.717) is 19.3 Å². The van der Waals surface area contributed by atoms with Crippen LogP contribution in [0.15, 0.2) is 12.2 Å². The van der Waals surface area contributed by atoms with E-state index in [-0.39, 0.29) is 18.8 Å². The predicted molar refractivity (Wildman–Crippen MR) is 92.7 cm³/mol. The maximum Gasteiger partial charge on any atom is 0.312 e. The Kier molecular flexibility index (Phi) is 3.65. The third kappa shape index (κ3) is 1.88. The molecule has 0 aromatic rings. The Labute approximate surface area is 157 Å². The molecule has 8 atom stereocenters. The van der Waals surface area contributed by atoms with E-state index < -0.39 is 58.0 Å². The van der Waals surface area contributed by atoms with Gasteiger partial charge in [-0.3, -0.25) is 14.4 Å². The van der Waals surface area contributed by atoms with Crippen LogP contribution in [0.4, 0.5) is 0 Å². The summed E-state index contributed by atoms with van der Waals surface area (Å²) in [5.41, 5.74) is -3.08. The molecule has 4 N–H and O–H groups in total. The van der Waals surface area contributed by atoms with Crippen LogP contribution in [0.2, 0.25) is 0 Å². The number of fused-ring (bicyclic) bond motifs is 3. The molecule has 0 radical (unpaired) electrons. The van der Waals surface area contributed by atoms with Crippen LogP contribution in [0.5, 0.6) is 0 Å². The zero-order valence-corrected chi connectivity index (χ0v) is 15.4. The zero-order chi connectivity index (χ0) is 19.9. The van der Waals surface area contributed by atoms with E-state index in [0.717, 1.165) is 12.0 Å². The van der Waals surface area contributed by atoms with Crippen molar-refractivity contribution in [3.05, 3.63) is 12.2 Å². The van der Waals surface area contributed by atoms with Crippen LogP contribution in [-0.4, -0.2) is 44.4 Å². The Morgan fingerprint density at radius 3 is 2.30 bits per heavy atom. The summed E-state index contributed by atoms with van der Waals surface area (Å²) in [5, 5.41) is 41.1. The van der Waals surface area contributed by atoms with Crippen molar-refractivity contribution in [3.63, 3.8) is 0 Å². The molecular formula is C20H26O7. The molecule has 4 fully saturated rings. The normalized spacial score (nSPS) is 50.7. The van der Waals surface area contributed by atoms with E-state index in [1.807, 2.05) is 0 Å². The fraction of sp³-hybridized carbons (Fsp3) is 0.750. The average Bonchev–Trinajstić information content (AvgIpc) is 2.99. The van der Waals surface area contributed by atoms with Crippen molar-refractivity contribution < 1.29 is 34.8 Å². The summed E-state index contributed by atoms with van der Waals surface area (Å²) in [6.07, 6.45) is 1.24. The van der Waals surface area contributed by atoms with Gasteiger partial charge in [0.1, 0.15) is 0 Å². The fourth-order valence-electron chi connectivity index (χ4n) is 7.69. The molecule has 4 aliphatic carbocycles. The van der Waals surface area contributed by atoms with Crippen LogP contribution < -0.4 is 0 Å². The lowest BCUT2D eigenvalue weighted by Gasteiger charge is -2.51. The van der Waals surface area contributed by atoms with Gasteiger partial charge in [0.15, 0.2) is 0 Å². The number of aliphatic hydroxyl groups excluding tert-OH is 1. The third-order valence-corrected chi connectivity index (χ3v) is 8.68. The lowest BCUT2D eigenvalue weighted by atomic mass is 9.51. The summed E-state index contributed by atoms with van der Waals surface area (Å²) in [5.74, 6) is -6.08. The molecule has 2 bridgehead atoms. The molecule has 0 aliphatic heterocycles. The molecule has 0 amide bonds. The summed E-state index contributed by atoms with van der Waals surface area (Å²) in [4.78, 5) is 37.4. The van der Waals surface area contributed by atoms with E-state index in [1.54, 1.807) is 0 Å². The maximum atomic E-state index is 12.7. The number of hydrogen-bond acceptors (Lipinski definition) is 4. The van der Waals surface area contributed by atoms with E-state index in [2.05, 4.69) is 6.58 Å². The average molecular weight is 378 g/mol. The SMILES string of the molecule is C=C1CC23CC1CC[C@H]2C1(C(=O)O)CC[C@H](O)[C@@](C)(C(=O)O)C1[C@@H]3C(=O)O. The summed E-state index contributed by atoms with van der Waals surface area (Å²) in [6, 6.07) is 0. The summed E-state index contributed by atoms with van der Waals surface area (Å²) in [6.45, 7) is 5.45. The minimum absolute atomic E-state index is 0.0505. The maximum absolute atomic E-state index is 12.7. The molecule has 27 heavy (non-hydrogen) atoms. The van der Waals surface area contributed by atoms with Gasteiger partial charge in [0.05, 0.1) is 22.9 Å². The number of hydrogen-bond donors (Lipinski definition) is 4. The van der Waals surface area contributed by atoms with Crippen molar-refractivity contribution in [2.24, 2.45) is 39.9 Å². The van der Waals surface area contributed by atoms with Crippen molar-refractivity contribution in [3.8, 4) is 0 Å². The minimum Gasteiger partial charge on any atom is -0.481 e. The number of carboxylic acid groups (broad SMARTS) is 3. The second kappa shape index (κ2) is 5.34. The van der Waals surface area contributed by atoms with Crippen LogP contribution >= 0.6 is 0 Å². The van der Waals surface area contributed by atoms with Crippen molar-refractivity contribution in [1.82, 2.24) is 0 Å². The largest absolute Gasteiger partial charge is 0.481 e. The Morgan fingerprint density at radius 1 is 1.07 bits per heavy atom. The van der Waals surface area contributed by atoms with Gasteiger partial charge in [0.25, 0.3) is 0 Å². The molecule has 148 valence electrons. The first-order valence-corrected chi connectivity index (χ1v) is 9.58. The number of carbonyl (C=O) groups is 3. The first kappa shape index (κ1) is 18.5. The first-order chi connectivity index (χ1) is 12.5. The molecule has 4 saturated carbocycles. The molecule has 1 spiro atoms. The number of carboxylic acids is 3. The van der Waals surface area contributed by atoms with Crippen LogP contribution in [0.25, 0.3) is 0 Å². The Balaban J connectivity index is 2.02. The summed E-state index contributed by atoms with van der Waals surface area (Å²) >= 11 is 0. The molecule has 4 unspecified atom stereocenters. The van der Waals surface area contributed by atoms with E-state index in [4.69, 9.17) is 0 Å². The smallest absolute Gasteiger partial charge is 0.312 e. The highest BCUT2D eigenvalue weighted by molar-refractivity contribution is 5.86. The predicted octanol–water partition coefficient (Wildman–Crippen LogP) is 2.00. The topological polar surface area (TPSA) is 132 Å². The summed E-state index contributed by atoms with van der Waals surface area (Å²) in [7, 11) is 0. The first-order valence-electron chi connectivity index (χ1n) is 9.58. The van der Waals surface area contributed by atoms with Crippen LogP contribution in [-0.2, 0) is 14.4 Å². The fourth-order valence-corrected chi connectivity index (χ4v) is 7.69. The number of rotatable bonds is 3. The molecule has 0 heterocycles. The molecule has 0 aromatic carbocycles. The highest BCUT2D eigenvalue weighted by Crippen LogP contribution is 2.77. The number of aliphatic hydroxyl groups is 1. The monoisotopic (exact) mass is 378 g/mol. The highest BCUT2D eigenvalue weighted by atomic mass is 16.4. The molecule has 7 heteroatoms. The Morgan fingerprint density at radius 2 is 1.74 bits per heavy atom. The van der Waals surface area contributed by atoms with E-state index in [9.17, 15) is 34.8 Å². The van der Waals surface area contributed by atoms with Gasteiger partial charge in [0, 0.05) is 5.92 Å². The molecular weight excluding hydrogens is 352 g/mol. The van der Waals surface area contributed by atoms with Gasteiger partial charge in [-0.15, -0.1) is 0 Å². The van der Waals surface area contributed by atoms with E-state index >= 15 is 0 Å². The third-order valence-electron chi connectivity index (χ3n) is 8.68. The van der Waals surface area contributed by atoms with Gasteiger partial charge in [-0.2, -0.15) is 0 Å². The quantitative estimate of drug-likeness (QED) is 0.552. The second-order valence-corrected chi connectivity index (χ2v) is 9.38. The molecule has 4 aliphatic rings. The lowest BCUT2D eigenvalue weighted by molar-refractivity contribution is -0.191. The Hall–Kier alpha value is -1.89. The van der Waals surface area contributed by atoms with Gasteiger partial charge in [0.2, 0.25) is 0 Å². The second-order valence-electron chi connectivity index (χ2n) is 9.38. The molecule has 7 nitrogen and oxygen atoms in total. The van der Waals surface area contributed by atoms with Gasteiger partial charge < -0.3 is 20.4 Å². The van der Waals surface area contributed by atoms with Gasteiger partial charge in [-0.25, -0.2) is 0 Å². The van der Waals surface area contributed by atoms with Gasteiger partial charge in [-0.1, -0.05) is 12.2 Å². The van der Waals surface area contributed by atoms with Crippen molar-refractivity contribution in [1.29, 1.82) is 0 Å². The minimum atomic E-state index is -1.81. The van der Waals surface area contributed by atoms with Crippen LogP contribution in [0, 0.1) is 39.9 Å². The Bertz CT molecular complexity index is 759. The van der Waals surface area contributed by atoms with Crippen molar-refractivity contribution >= 4 is 17.9 Å².